The van der Waals surface area contributed by atoms with Gasteiger partial charge in [-0.15, -0.1) is 0 Å². The molecule has 0 unspecified atom stereocenters. The Morgan fingerprint density at radius 2 is 1.73 bits per heavy atom. The molecule has 10 heteroatoms. The van der Waals surface area contributed by atoms with Crippen LogP contribution in [0.1, 0.15) is 45.0 Å². The van der Waals surface area contributed by atoms with E-state index < -0.39 is 10.1 Å². The average molecular weight is 579 g/mol. The topological polar surface area (TPSA) is 97.8 Å². The van der Waals surface area contributed by atoms with Gasteiger partial charge in [0.1, 0.15) is 4.90 Å². The fourth-order valence-corrected chi connectivity index (χ4v) is 8.30. The first kappa shape index (κ1) is 26.4. The van der Waals surface area contributed by atoms with Gasteiger partial charge in [-0.1, -0.05) is 23.8 Å². The number of rotatable bonds is 4. The van der Waals surface area contributed by atoms with Crippen molar-refractivity contribution in [3.05, 3.63) is 69.3 Å². The highest BCUT2D eigenvalue weighted by atomic mass is 32.2. The number of benzene rings is 3. The molecule has 2 bridgehead atoms. The van der Waals surface area contributed by atoms with E-state index in [0.29, 0.717) is 41.5 Å². The second-order valence-electron chi connectivity index (χ2n) is 11.6. The van der Waals surface area contributed by atoms with Crippen molar-refractivity contribution in [3.8, 4) is 28.7 Å². The Labute approximate surface area is 240 Å². The molecule has 4 heterocycles. The van der Waals surface area contributed by atoms with Crippen molar-refractivity contribution in [3.63, 3.8) is 0 Å². The lowest BCUT2D eigenvalue weighted by Crippen LogP contribution is -2.62. The Hall–Kier alpha value is -3.47. The van der Waals surface area contributed by atoms with E-state index in [-0.39, 0.29) is 35.6 Å². The van der Waals surface area contributed by atoms with Gasteiger partial charge in [0.15, 0.2) is 28.7 Å². The minimum Gasteiger partial charge on any atom is -0.504 e. The average Bonchev–Trinajstić information content (AvgIpc) is 3.42. The molecule has 4 aliphatic rings. The molecule has 0 saturated carbocycles. The van der Waals surface area contributed by atoms with Gasteiger partial charge in [0.25, 0.3) is 0 Å². The molecule has 3 atom stereocenters. The summed E-state index contributed by atoms with van der Waals surface area (Å²) < 4.78 is 50.4. The second-order valence-corrected chi connectivity index (χ2v) is 13.2. The van der Waals surface area contributed by atoms with Crippen molar-refractivity contribution in [2.75, 3.05) is 27.5 Å². The summed E-state index contributed by atoms with van der Waals surface area (Å²) in [4.78, 5) is 4.88. The molecular formula is C31H34N2O7S. The largest absolute Gasteiger partial charge is 0.504 e. The fourth-order valence-electron chi connectivity index (χ4n) is 7.29. The number of nitrogens with zero attached hydrogens (tertiary/aromatic N) is 2. The number of methoxy groups -OCH3 is 1. The molecule has 3 aromatic rings. The van der Waals surface area contributed by atoms with Gasteiger partial charge in [0, 0.05) is 47.4 Å². The fraction of sp³-hybridized carbons (Fsp3) is 0.419. The Kier molecular flexibility index (Phi) is 5.98. The first-order valence-electron chi connectivity index (χ1n) is 13.9. The molecule has 0 aromatic heterocycles. The maximum absolute atomic E-state index is 13.5. The van der Waals surface area contributed by atoms with E-state index in [9.17, 15) is 13.5 Å². The number of piperazine rings is 1. The van der Waals surface area contributed by atoms with Crippen molar-refractivity contribution in [2.24, 2.45) is 0 Å². The summed E-state index contributed by atoms with van der Waals surface area (Å²) in [6.07, 6.45) is 1.34. The first-order chi connectivity index (χ1) is 19.6. The molecule has 0 amide bonds. The van der Waals surface area contributed by atoms with E-state index in [4.69, 9.17) is 18.4 Å². The molecular weight excluding hydrogens is 544 g/mol. The molecule has 9 nitrogen and oxygen atoms in total. The smallest absolute Gasteiger partial charge is 0.339 e. The minimum atomic E-state index is -4.11. The lowest BCUT2D eigenvalue weighted by Gasteiger charge is -2.55. The van der Waals surface area contributed by atoms with E-state index in [1.165, 1.54) is 0 Å². The van der Waals surface area contributed by atoms with Crippen LogP contribution in [0.15, 0.2) is 35.2 Å². The van der Waals surface area contributed by atoms with Crippen molar-refractivity contribution in [1.82, 2.24) is 9.80 Å². The molecule has 3 aromatic carbocycles. The van der Waals surface area contributed by atoms with Crippen LogP contribution in [0.5, 0.6) is 28.7 Å². The summed E-state index contributed by atoms with van der Waals surface area (Å²) in [5, 5.41) is 11.4. The van der Waals surface area contributed by atoms with Crippen LogP contribution >= 0.6 is 0 Å². The zero-order chi connectivity index (χ0) is 28.8. The van der Waals surface area contributed by atoms with Gasteiger partial charge in [-0.25, -0.2) is 0 Å². The van der Waals surface area contributed by atoms with Crippen LogP contribution in [0.25, 0.3) is 0 Å². The van der Waals surface area contributed by atoms with E-state index in [1.54, 1.807) is 31.4 Å². The quantitative estimate of drug-likeness (QED) is 0.458. The third kappa shape index (κ3) is 3.91. The van der Waals surface area contributed by atoms with Crippen LogP contribution in [-0.4, -0.2) is 62.9 Å². The highest BCUT2D eigenvalue weighted by Gasteiger charge is 2.49. The van der Waals surface area contributed by atoms with Gasteiger partial charge in [-0.05, 0) is 63.9 Å². The number of hydrogen-bond acceptors (Lipinski definition) is 9. The number of ether oxygens (including phenoxy) is 3. The lowest BCUT2D eigenvalue weighted by atomic mass is 9.75. The summed E-state index contributed by atoms with van der Waals surface area (Å²) >= 11 is 0. The zero-order valence-electron chi connectivity index (χ0n) is 23.9. The maximum Gasteiger partial charge on any atom is 0.339 e. The third-order valence-corrected chi connectivity index (χ3v) is 10.5. The van der Waals surface area contributed by atoms with Crippen molar-refractivity contribution < 1.29 is 31.9 Å². The van der Waals surface area contributed by atoms with Crippen LogP contribution in [0.2, 0.25) is 0 Å². The molecule has 41 heavy (non-hydrogen) atoms. The van der Waals surface area contributed by atoms with E-state index in [0.717, 1.165) is 46.3 Å². The van der Waals surface area contributed by atoms with Crippen molar-refractivity contribution in [2.45, 2.75) is 63.2 Å². The zero-order valence-corrected chi connectivity index (χ0v) is 24.7. The Bertz CT molecular complexity index is 1690. The van der Waals surface area contributed by atoms with Crippen molar-refractivity contribution in [1.29, 1.82) is 0 Å². The Morgan fingerprint density at radius 3 is 2.46 bits per heavy atom. The van der Waals surface area contributed by atoms with Crippen LogP contribution in [0.3, 0.4) is 0 Å². The van der Waals surface area contributed by atoms with Gasteiger partial charge in [0.05, 0.1) is 13.2 Å². The van der Waals surface area contributed by atoms with E-state index in [1.807, 2.05) is 20.8 Å². The summed E-state index contributed by atoms with van der Waals surface area (Å²) in [5.41, 5.74) is 6.21. The van der Waals surface area contributed by atoms with Gasteiger partial charge >= 0.3 is 10.1 Å². The number of aromatic hydroxyl groups is 1. The van der Waals surface area contributed by atoms with Crippen LogP contribution in [0.4, 0.5) is 0 Å². The Balaban J connectivity index is 1.36. The normalized spacial score (nSPS) is 23.0. The van der Waals surface area contributed by atoms with Crippen molar-refractivity contribution >= 4 is 10.1 Å². The number of phenols is 1. The Morgan fingerprint density at radius 1 is 1.00 bits per heavy atom. The van der Waals surface area contributed by atoms with Crippen LogP contribution < -0.4 is 18.4 Å². The molecule has 1 fully saturated rings. The summed E-state index contributed by atoms with van der Waals surface area (Å²) in [6, 6.07) is 8.89. The molecule has 1 N–H and O–H groups in total. The molecule has 216 valence electrons. The van der Waals surface area contributed by atoms with Crippen LogP contribution in [0, 0.1) is 20.8 Å². The number of hydrogen-bond donors (Lipinski definition) is 1. The van der Waals surface area contributed by atoms with Gasteiger partial charge in [0.2, 0.25) is 6.79 Å². The minimum absolute atomic E-state index is 0.0367. The highest BCUT2D eigenvalue weighted by Crippen LogP contribution is 2.54. The highest BCUT2D eigenvalue weighted by molar-refractivity contribution is 7.87. The first-order valence-corrected chi connectivity index (χ1v) is 15.3. The third-order valence-electron chi connectivity index (χ3n) is 9.30. The second kappa shape index (κ2) is 9.27. The van der Waals surface area contributed by atoms with E-state index >= 15 is 0 Å². The maximum atomic E-state index is 13.5. The molecule has 0 radical (unpaired) electrons. The number of fused-ring (bicyclic) bond motifs is 9. The molecule has 7 rings (SSSR count). The summed E-state index contributed by atoms with van der Waals surface area (Å²) in [6.45, 7) is 7.16. The van der Waals surface area contributed by atoms with Gasteiger partial charge < -0.3 is 23.5 Å². The molecule has 0 aliphatic carbocycles. The molecule has 0 spiro atoms. The number of aryl methyl sites for hydroxylation is 2. The van der Waals surface area contributed by atoms with Gasteiger partial charge in [-0.2, -0.15) is 8.42 Å². The predicted octanol–water partition coefficient (Wildman–Crippen LogP) is 4.16. The summed E-state index contributed by atoms with van der Waals surface area (Å²) in [5.74, 6) is 2.19. The molecule has 1 saturated heterocycles. The number of likely N-dealkylation sites (N-methyl/N-ethyl adjacent to an activating group) is 1. The SMILES string of the molecule is COc1c(C)cc2c(c1O)[C@@H]1[C@@H]3Cc4c(c5c(c(C)c4OS(=O)(=O)c4ccc(C)cc4)OCO5)CN3C[C@H](C2)N1C. The lowest BCUT2D eigenvalue weighted by molar-refractivity contribution is -0.0286. The van der Waals surface area contributed by atoms with E-state index in [2.05, 4.69) is 22.9 Å². The molecule has 4 aliphatic heterocycles. The number of phenolic OH excluding ortho intramolecular Hbond substituents is 1. The van der Waals surface area contributed by atoms with Gasteiger partial charge in [-0.3, -0.25) is 9.80 Å². The van der Waals surface area contributed by atoms with Crippen LogP contribution in [-0.2, 0) is 29.5 Å². The summed E-state index contributed by atoms with van der Waals surface area (Å²) in [7, 11) is -0.413. The standard InChI is InChI=1S/C31H34N2O7S/c1-16-6-8-21(9-7-16)41(35,36)40-29-18(3)30-31(39-15-38-30)23-14-33-13-20-11-19-10-17(2)28(37-5)27(34)25(19)26(32(20)4)24(33)12-22(23)29/h6-10,20,24,26,34H,11-15H2,1-5H3/t20-,24-,26-/m0/s1. The predicted molar refractivity (Wildman–Crippen MR) is 152 cm³/mol. The monoisotopic (exact) mass is 578 g/mol.